The lowest BCUT2D eigenvalue weighted by Crippen LogP contribution is -2.42. The third kappa shape index (κ3) is 2.25. The molecular formula is C14H20N4O. The van der Waals surface area contributed by atoms with Gasteiger partial charge in [0.25, 0.3) is 0 Å². The molecular weight excluding hydrogens is 240 g/mol. The van der Waals surface area contributed by atoms with Crippen molar-refractivity contribution in [1.82, 2.24) is 9.88 Å². The van der Waals surface area contributed by atoms with E-state index in [0.717, 1.165) is 12.1 Å². The van der Waals surface area contributed by atoms with Gasteiger partial charge in [0.1, 0.15) is 0 Å². The first-order chi connectivity index (χ1) is 9.29. The molecule has 2 heterocycles. The maximum absolute atomic E-state index is 6.07. The molecule has 1 aliphatic carbocycles. The van der Waals surface area contributed by atoms with Crippen LogP contribution in [0.1, 0.15) is 37.3 Å². The van der Waals surface area contributed by atoms with Gasteiger partial charge in [-0.25, -0.2) is 4.98 Å². The lowest BCUT2D eigenvalue weighted by molar-refractivity contribution is 0.261. The average molecular weight is 260 g/mol. The standard InChI is InChI=1S/C14H20N4O/c1-19-13-7-6-10(8-16-13)12-9-17-14(15)18(12)11-4-2-3-5-11/h6-8,11-12H,2-5,9H2,1H3,(H2,15,17). The van der Waals surface area contributed by atoms with Crippen molar-refractivity contribution in [3.8, 4) is 5.88 Å². The molecule has 1 atom stereocenters. The van der Waals surface area contributed by atoms with Gasteiger partial charge in [0.2, 0.25) is 5.88 Å². The number of rotatable bonds is 3. The van der Waals surface area contributed by atoms with E-state index in [1.165, 1.54) is 25.7 Å². The molecule has 1 aliphatic heterocycles. The largest absolute Gasteiger partial charge is 0.481 e. The number of ether oxygens (including phenoxy) is 1. The SMILES string of the molecule is COc1ccc(C2CN=C(N)N2C2CCCC2)cn1. The number of nitrogens with two attached hydrogens (primary N) is 1. The lowest BCUT2D eigenvalue weighted by Gasteiger charge is -2.32. The van der Waals surface area contributed by atoms with Crippen LogP contribution in [0.5, 0.6) is 5.88 Å². The molecule has 0 aromatic carbocycles. The molecule has 0 radical (unpaired) electrons. The van der Waals surface area contributed by atoms with Crippen molar-refractivity contribution < 1.29 is 4.74 Å². The minimum absolute atomic E-state index is 0.238. The Morgan fingerprint density at radius 3 is 2.74 bits per heavy atom. The molecule has 0 saturated heterocycles. The molecule has 1 aromatic rings. The van der Waals surface area contributed by atoms with Crippen molar-refractivity contribution in [2.24, 2.45) is 10.7 Å². The van der Waals surface area contributed by atoms with Gasteiger partial charge in [-0.2, -0.15) is 0 Å². The van der Waals surface area contributed by atoms with Gasteiger partial charge in [-0.1, -0.05) is 12.8 Å². The van der Waals surface area contributed by atoms with Crippen molar-refractivity contribution in [3.63, 3.8) is 0 Å². The summed E-state index contributed by atoms with van der Waals surface area (Å²) in [7, 11) is 1.63. The Hall–Kier alpha value is -1.78. The van der Waals surface area contributed by atoms with Crippen molar-refractivity contribution >= 4 is 5.96 Å². The Kier molecular flexibility index (Phi) is 3.27. The topological polar surface area (TPSA) is 63.7 Å². The van der Waals surface area contributed by atoms with Crippen molar-refractivity contribution in [2.45, 2.75) is 37.8 Å². The second kappa shape index (κ2) is 5.07. The van der Waals surface area contributed by atoms with E-state index in [9.17, 15) is 0 Å². The van der Waals surface area contributed by atoms with Crippen molar-refractivity contribution in [2.75, 3.05) is 13.7 Å². The second-order valence-electron chi connectivity index (χ2n) is 5.19. The zero-order chi connectivity index (χ0) is 13.2. The molecule has 2 N–H and O–H groups in total. The van der Waals surface area contributed by atoms with Crippen LogP contribution in [0, 0.1) is 0 Å². The third-order valence-corrected chi connectivity index (χ3v) is 4.10. The Labute approximate surface area is 113 Å². The monoisotopic (exact) mass is 260 g/mol. The predicted octanol–water partition coefficient (Wildman–Crippen LogP) is 1.70. The van der Waals surface area contributed by atoms with E-state index in [1.807, 2.05) is 12.3 Å². The van der Waals surface area contributed by atoms with Gasteiger partial charge in [0.05, 0.1) is 19.7 Å². The van der Waals surface area contributed by atoms with Gasteiger partial charge in [-0.05, 0) is 24.5 Å². The Morgan fingerprint density at radius 1 is 1.32 bits per heavy atom. The first kappa shape index (κ1) is 12.3. The molecule has 0 spiro atoms. The molecule has 0 amide bonds. The highest BCUT2D eigenvalue weighted by molar-refractivity contribution is 5.80. The van der Waals surface area contributed by atoms with Gasteiger partial charge in [-0.3, -0.25) is 4.99 Å². The molecule has 1 aromatic heterocycles. The summed E-state index contributed by atoms with van der Waals surface area (Å²) < 4.78 is 5.10. The van der Waals surface area contributed by atoms with E-state index in [-0.39, 0.29) is 6.04 Å². The molecule has 19 heavy (non-hydrogen) atoms. The van der Waals surface area contributed by atoms with Gasteiger partial charge in [-0.15, -0.1) is 0 Å². The molecule has 5 heteroatoms. The number of aromatic nitrogens is 1. The average Bonchev–Trinajstić information content (AvgIpc) is 3.08. The van der Waals surface area contributed by atoms with Crippen LogP contribution in [0.25, 0.3) is 0 Å². The lowest BCUT2D eigenvalue weighted by atomic mass is 10.1. The van der Waals surface area contributed by atoms with Crippen molar-refractivity contribution in [1.29, 1.82) is 0 Å². The summed E-state index contributed by atoms with van der Waals surface area (Å²) in [6, 6.07) is 4.74. The highest BCUT2D eigenvalue weighted by atomic mass is 16.5. The predicted molar refractivity (Wildman–Crippen MR) is 74.1 cm³/mol. The van der Waals surface area contributed by atoms with Crippen LogP contribution in [-0.4, -0.2) is 35.5 Å². The minimum Gasteiger partial charge on any atom is -0.481 e. The number of pyridine rings is 1. The van der Waals surface area contributed by atoms with Crippen LogP contribution < -0.4 is 10.5 Å². The first-order valence-corrected chi connectivity index (χ1v) is 6.88. The van der Waals surface area contributed by atoms with Crippen LogP contribution >= 0.6 is 0 Å². The van der Waals surface area contributed by atoms with Crippen LogP contribution in [0.2, 0.25) is 0 Å². The highest BCUT2D eigenvalue weighted by Gasteiger charge is 2.34. The molecule has 3 rings (SSSR count). The zero-order valence-electron chi connectivity index (χ0n) is 11.2. The number of methoxy groups -OCH3 is 1. The summed E-state index contributed by atoms with van der Waals surface area (Å²) in [6.07, 6.45) is 6.90. The fourth-order valence-electron chi connectivity index (χ4n) is 3.11. The molecule has 2 aliphatic rings. The quantitative estimate of drug-likeness (QED) is 0.898. The smallest absolute Gasteiger partial charge is 0.212 e. The Balaban J connectivity index is 1.82. The maximum Gasteiger partial charge on any atom is 0.212 e. The van der Waals surface area contributed by atoms with E-state index < -0.39 is 0 Å². The molecule has 102 valence electrons. The first-order valence-electron chi connectivity index (χ1n) is 6.88. The zero-order valence-corrected chi connectivity index (χ0v) is 11.2. The van der Waals surface area contributed by atoms with Gasteiger partial charge >= 0.3 is 0 Å². The normalized spacial score (nSPS) is 23.7. The number of aliphatic imine (C=N–C) groups is 1. The van der Waals surface area contributed by atoms with Crippen molar-refractivity contribution in [3.05, 3.63) is 23.9 Å². The molecule has 1 saturated carbocycles. The molecule has 5 nitrogen and oxygen atoms in total. The van der Waals surface area contributed by atoms with E-state index in [2.05, 4.69) is 20.9 Å². The maximum atomic E-state index is 6.07. The number of nitrogens with zero attached hydrogens (tertiary/aromatic N) is 3. The Morgan fingerprint density at radius 2 is 2.11 bits per heavy atom. The molecule has 1 unspecified atom stereocenters. The summed E-state index contributed by atoms with van der Waals surface area (Å²) in [5, 5.41) is 0. The number of hydrogen-bond acceptors (Lipinski definition) is 5. The van der Waals surface area contributed by atoms with Crippen LogP contribution in [0.4, 0.5) is 0 Å². The summed E-state index contributed by atoms with van der Waals surface area (Å²) in [4.78, 5) is 11.0. The van der Waals surface area contributed by atoms with E-state index >= 15 is 0 Å². The fourth-order valence-corrected chi connectivity index (χ4v) is 3.11. The van der Waals surface area contributed by atoms with Crippen LogP contribution in [-0.2, 0) is 0 Å². The van der Waals surface area contributed by atoms with Crippen LogP contribution in [0.3, 0.4) is 0 Å². The summed E-state index contributed by atoms with van der Waals surface area (Å²) in [5.74, 6) is 1.33. The van der Waals surface area contributed by atoms with E-state index in [1.54, 1.807) is 7.11 Å². The number of guanidine groups is 1. The van der Waals surface area contributed by atoms with E-state index in [4.69, 9.17) is 10.5 Å². The summed E-state index contributed by atoms with van der Waals surface area (Å²) in [6.45, 7) is 0.732. The summed E-state index contributed by atoms with van der Waals surface area (Å²) in [5.41, 5.74) is 7.24. The highest BCUT2D eigenvalue weighted by Crippen LogP contribution is 2.34. The fraction of sp³-hybridized carbons (Fsp3) is 0.571. The van der Waals surface area contributed by atoms with Gasteiger partial charge in [0.15, 0.2) is 5.96 Å². The van der Waals surface area contributed by atoms with Crippen LogP contribution in [0.15, 0.2) is 23.3 Å². The second-order valence-corrected chi connectivity index (χ2v) is 5.19. The minimum atomic E-state index is 0.238. The summed E-state index contributed by atoms with van der Waals surface area (Å²) >= 11 is 0. The third-order valence-electron chi connectivity index (χ3n) is 4.10. The Bertz CT molecular complexity index is 465. The van der Waals surface area contributed by atoms with Gasteiger partial charge < -0.3 is 15.4 Å². The van der Waals surface area contributed by atoms with Gasteiger partial charge in [0, 0.05) is 18.3 Å². The number of hydrogen-bond donors (Lipinski definition) is 1. The van der Waals surface area contributed by atoms with E-state index in [0.29, 0.717) is 17.9 Å². The molecule has 1 fully saturated rings. The molecule has 0 bridgehead atoms.